The summed E-state index contributed by atoms with van der Waals surface area (Å²) in [5, 5.41) is 2.53. The summed E-state index contributed by atoms with van der Waals surface area (Å²) in [6, 6.07) is 5.88. The number of carbonyl (C=O) groups excluding carboxylic acids is 2. The van der Waals surface area contributed by atoms with E-state index >= 15 is 0 Å². The average Bonchev–Trinajstić information content (AvgIpc) is 2.69. The van der Waals surface area contributed by atoms with Crippen LogP contribution in [0.15, 0.2) is 36.5 Å². The second-order valence-electron chi connectivity index (χ2n) is 7.66. The van der Waals surface area contributed by atoms with Crippen LogP contribution in [-0.2, 0) is 15.8 Å². The molecule has 1 aliphatic heterocycles. The molecule has 0 saturated carbocycles. The number of alkyl halides is 3. The maximum absolute atomic E-state index is 12.9. The van der Waals surface area contributed by atoms with Gasteiger partial charge in [0.2, 0.25) is 0 Å². The molecule has 1 fully saturated rings. The van der Waals surface area contributed by atoms with Crippen molar-refractivity contribution in [3.8, 4) is 0 Å². The number of nitrogens with zero attached hydrogens (tertiary/aromatic N) is 2. The minimum absolute atomic E-state index is 0.174. The van der Waals surface area contributed by atoms with Crippen LogP contribution in [0.4, 0.5) is 24.7 Å². The third-order valence-corrected chi connectivity index (χ3v) is 5.27. The van der Waals surface area contributed by atoms with Crippen molar-refractivity contribution in [3.05, 3.63) is 53.2 Å². The van der Waals surface area contributed by atoms with Crippen LogP contribution >= 0.6 is 0 Å². The molecule has 3 rings (SSSR count). The van der Waals surface area contributed by atoms with Gasteiger partial charge in [-0.25, -0.2) is 4.98 Å². The Labute approximate surface area is 172 Å². The molecule has 0 radical (unpaired) electrons. The van der Waals surface area contributed by atoms with E-state index in [9.17, 15) is 22.8 Å². The zero-order valence-corrected chi connectivity index (χ0v) is 16.7. The molecule has 1 saturated heterocycles. The Morgan fingerprint density at radius 2 is 1.87 bits per heavy atom. The van der Waals surface area contributed by atoms with E-state index in [2.05, 4.69) is 10.3 Å². The zero-order chi connectivity index (χ0) is 22.1. The number of rotatable bonds is 2. The standard InChI is InChI=1S/C21H23F3N4O2/c1-12-3-8-17(14-4-6-15(7-5-14)21(22,23)24)28(11-12)20(30)19(29)27-16-9-13(2)18(25)26-10-16/h4-7,9-10,12,17H,3,8,11H2,1-2H3,(H2,25,26)(H,27,29)/t12-,17+/m1/s1. The number of amides is 2. The Balaban J connectivity index is 1.80. The van der Waals surface area contributed by atoms with Crippen LogP contribution in [-0.4, -0.2) is 28.2 Å². The number of carbonyl (C=O) groups is 2. The van der Waals surface area contributed by atoms with Gasteiger partial charge in [-0.15, -0.1) is 0 Å². The minimum atomic E-state index is -4.43. The molecule has 30 heavy (non-hydrogen) atoms. The largest absolute Gasteiger partial charge is 0.416 e. The minimum Gasteiger partial charge on any atom is -0.383 e. The van der Waals surface area contributed by atoms with E-state index in [4.69, 9.17) is 5.73 Å². The number of nitrogens with two attached hydrogens (primary N) is 1. The van der Waals surface area contributed by atoms with E-state index in [0.717, 1.165) is 18.6 Å². The van der Waals surface area contributed by atoms with Gasteiger partial charge in [-0.05, 0) is 55.0 Å². The van der Waals surface area contributed by atoms with Gasteiger partial charge >= 0.3 is 18.0 Å². The lowest BCUT2D eigenvalue weighted by Gasteiger charge is -2.38. The number of hydrogen-bond donors (Lipinski definition) is 2. The van der Waals surface area contributed by atoms with Crippen LogP contribution in [0.5, 0.6) is 0 Å². The predicted octanol–water partition coefficient (Wildman–Crippen LogP) is 3.93. The number of aryl methyl sites for hydroxylation is 1. The summed E-state index contributed by atoms with van der Waals surface area (Å²) < 4.78 is 38.6. The van der Waals surface area contributed by atoms with Gasteiger partial charge < -0.3 is 16.0 Å². The summed E-state index contributed by atoms with van der Waals surface area (Å²) in [4.78, 5) is 30.9. The lowest BCUT2D eigenvalue weighted by molar-refractivity contribution is -0.146. The van der Waals surface area contributed by atoms with E-state index in [0.29, 0.717) is 35.6 Å². The van der Waals surface area contributed by atoms with E-state index in [-0.39, 0.29) is 5.92 Å². The highest BCUT2D eigenvalue weighted by Crippen LogP contribution is 2.35. The Morgan fingerprint density at radius 1 is 1.20 bits per heavy atom. The molecule has 2 amide bonds. The summed E-state index contributed by atoms with van der Waals surface area (Å²) >= 11 is 0. The van der Waals surface area contributed by atoms with Crippen molar-refractivity contribution in [3.63, 3.8) is 0 Å². The van der Waals surface area contributed by atoms with E-state index < -0.39 is 29.6 Å². The van der Waals surface area contributed by atoms with Gasteiger partial charge in [0, 0.05) is 6.54 Å². The monoisotopic (exact) mass is 420 g/mol. The fourth-order valence-electron chi connectivity index (χ4n) is 3.59. The van der Waals surface area contributed by atoms with Crippen molar-refractivity contribution in [2.75, 3.05) is 17.6 Å². The molecule has 2 atom stereocenters. The van der Waals surface area contributed by atoms with Gasteiger partial charge in [-0.1, -0.05) is 19.1 Å². The molecule has 0 unspecified atom stereocenters. The summed E-state index contributed by atoms with van der Waals surface area (Å²) in [5.41, 5.74) is 6.49. The number of anilines is 2. The topological polar surface area (TPSA) is 88.3 Å². The molecule has 1 aromatic heterocycles. The summed E-state index contributed by atoms with van der Waals surface area (Å²) in [7, 11) is 0. The number of piperidine rings is 1. The SMILES string of the molecule is Cc1cc(NC(=O)C(=O)N2C[C@H](C)CC[C@H]2c2ccc(C(F)(F)F)cc2)cnc1N. The summed E-state index contributed by atoms with van der Waals surface area (Å²) in [6.07, 6.45) is -1.70. The molecule has 3 N–H and O–H groups in total. The lowest BCUT2D eigenvalue weighted by Crippen LogP contribution is -2.46. The van der Waals surface area contributed by atoms with Crippen LogP contribution in [0.25, 0.3) is 0 Å². The van der Waals surface area contributed by atoms with E-state index in [1.165, 1.54) is 23.2 Å². The maximum Gasteiger partial charge on any atom is 0.416 e. The lowest BCUT2D eigenvalue weighted by atomic mass is 9.89. The van der Waals surface area contributed by atoms with Crippen LogP contribution in [0.3, 0.4) is 0 Å². The highest BCUT2D eigenvalue weighted by atomic mass is 19.4. The highest BCUT2D eigenvalue weighted by molar-refractivity contribution is 6.39. The molecule has 0 aliphatic carbocycles. The fourth-order valence-corrected chi connectivity index (χ4v) is 3.59. The van der Waals surface area contributed by atoms with E-state index in [1.807, 2.05) is 6.92 Å². The van der Waals surface area contributed by atoms with Gasteiger partial charge in [0.15, 0.2) is 0 Å². The molecular formula is C21H23F3N4O2. The van der Waals surface area contributed by atoms with Crippen molar-refractivity contribution in [1.82, 2.24) is 9.88 Å². The smallest absolute Gasteiger partial charge is 0.383 e. The highest BCUT2D eigenvalue weighted by Gasteiger charge is 2.35. The Kier molecular flexibility index (Phi) is 6.00. The first kappa shape index (κ1) is 21.6. The Hall–Kier alpha value is -3.10. The number of benzene rings is 1. The number of nitrogen functional groups attached to an aromatic ring is 1. The fraction of sp³-hybridized carbons (Fsp3) is 0.381. The normalized spacial score (nSPS) is 19.4. The zero-order valence-electron chi connectivity index (χ0n) is 16.7. The average molecular weight is 420 g/mol. The van der Waals surface area contributed by atoms with Gasteiger partial charge in [-0.2, -0.15) is 13.2 Å². The van der Waals surface area contributed by atoms with Gasteiger partial charge in [-0.3, -0.25) is 9.59 Å². The number of pyridine rings is 1. The summed E-state index contributed by atoms with van der Waals surface area (Å²) in [6.45, 7) is 4.04. The van der Waals surface area contributed by atoms with Crippen molar-refractivity contribution in [2.24, 2.45) is 5.92 Å². The van der Waals surface area contributed by atoms with Crippen molar-refractivity contribution in [2.45, 2.75) is 38.9 Å². The molecule has 9 heteroatoms. The molecular weight excluding hydrogens is 397 g/mol. The quantitative estimate of drug-likeness (QED) is 0.721. The number of hydrogen-bond acceptors (Lipinski definition) is 4. The van der Waals surface area contributed by atoms with Gasteiger partial charge in [0.1, 0.15) is 5.82 Å². The van der Waals surface area contributed by atoms with Crippen LogP contribution in [0, 0.1) is 12.8 Å². The van der Waals surface area contributed by atoms with Crippen LogP contribution in [0.2, 0.25) is 0 Å². The number of aromatic nitrogens is 1. The molecule has 0 spiro atoms. The van der Waals surface area contributed by atoms with Crippen molar-refractivity contribution < 1.29 is 22.8 Å². The molecule has 2 heterocycles. The molecule has 160 valence electrons. The maximum atomic E-state index is 12.9. The number of halogens is 3. The van der Waals surface area contributed by atoms with Gasteiger partial charge in [0.25, 0.3) is 0 Å². The molecule has 2 aromatic rings. The summed E-state index contributed by atoms with van der Waals surface area (Å²) in [5.74, 6) is -1.06. The first-order valence-corrected chi connectivity index (χ1v) is 9.57. The predicted molar refractivity (Wildman–Crippen MR) is 106 cm³/mol. The number of likely N-dealkylation sites (tertiary alicyclic amines) is 1. The molecule has 1 aliphatic rings. The Morgan fingerprint density at radius 3 is 2.47 bits per heavy atom. The molecule has 6 nitrogen and oxygen atoms in total. The first-order chi connectivity index (χ1) is 14.1. The third-order valence-electron chi connectivity index (χ3n) is 5.27. The van der Waals surface area contributed by atoms with Gasteiger partial charge in [0.05, 0.1) is 23.5 Å². The molecule has 1 aromatic carbocycles. The number of nitrogens with one attached hydrogen (secondary N) is 1. The van der Waals surface area contributed by atoms with Crippen LogP contribution < -0.4 is 11.1 Å². The first-order valence-electron chi connectivity index (χ1n) is 9.57. The third kappa shape index (κ3) is 4.72. The van der Waals surface area contributed by atoms with Crippen LogP contribution in [0.1, 0.15) is 42.5 Å². The van der Waals surface area contributed by atoms with Crippen molar-refractivity contribution >= 4 is 23.3 Å². The second kappa shape index (κ2) is 8.33. The Bertz CT molecular complexity index is 944. The van der Waals surface area contributed by atoms with Crippen molar-refractivity contribution in [1.29, 1.82) is 0 Å². The molecule has 0 bridgehead atoms. The van der Waals surface area contributed by atoms with E-state index in [1.54, 1.807) is 13.0 Å². The second-order valence-corrected chi connectivity index (χ2v) is 7.66.